The summed E-state index contributed by atoms with van der Waals surface area (Å²) in [7, 11) is 0. The molecule has 0 bridgehead atoms. The van der Waals surface area contributed by atoms with Gasteiger partial charge in [0.15, 0.2) is 0 Å². The van der Waals surface area contributed by atoms with Gasteiger partial charge in [0.25, 0.3) is 0 Å². The minimum atomic E-state index is -1.24. The number of benzene rings is 1. The Morgan fingerprint density at radius 1 is 1.28 bits per heavy atom. The van der Waals surface area contributed by atoms with Crippen molar-refractivity contribution in [2.24, 2.45) is 0 Å². The van der Waals surface area contributed by atoms with E-state index in [1.807, 2.05) is 12.2 Å². The molecule has 3 N–H and O–H groups in total. The number of carbonyl (C=O) groups is 2. The number of anilines is 1. The van der Waals surface area contributed by atoms with E-state index in [9.17, 15) is 19.8 Å². The van der Waals surface area contributed by atoms with E-state index >= 15 is 0 Å². The molecule has 0 spiro atoms. The zero-order valence-electron chi connectivity index (χ0n) is 15.1. The molecule has 1 aliphatic carbocycles. The van der Waals surface area contributed by atoms with E-state index in [4.69, 9.17) is 21.6 Å². The summed E-state index contributed by atoms with van der Waals surface area (Å²) >= 11 is 7.18. The highest BCUT2D eigenvalue weighted by Gasteiger charge is 2.29. The van der Waals surface area contributed by atoms with Gasteiger partial charge in [-0.15, -0.1) is 11.3 Å². The lowest BCUT2D eigenvalue weighted by atomic mass is 10.0. The number of carboxylic acid groups (broad SMARTS) is 1. The molecule has 3 rings (SSSR count). The molecule has 0 saturated heterocycles. The summed E-state index contributed by atoms with van der Waals surface area (Å²) in [6, 6.07) is 8.35. The number of nitrogens with one attached hydrogen (secondary N) is 1. The van der Waals surface area contributed by atoms with Crippen LogP contribution in [0.4, 0.5) is 5.00 Å². The van der Waals surface area contributed by atoms with Gasteiger partial charge >= 0.3 is 5.97 Å². The summed E-state index contributed by atoms with van der Waals surface area (Å²) in [6.07, 6.45) is 4.50. The van der Waals surface area contributed by atoms with E-state index in [2.05, 4.69) is 5.32 Å². The van der Waals surface area contributed by atoms with Crippen molar-refractivity contribution in [3.05, 3.63) is 46.3 Å². The van der Waals surface area contributed by atoms with Crippen molar-refractivity contribution in [2.45, 2.75) is 24.9 Å². The first kappa shape index (κ1) is 20.9. The third kappa shape index (κ3) is 4.77. The van der Waals surface area contributed by atoms with Crippen molar-refractivity contribution in [2.75, 3.05) is 11.9 Å². The van der Waals surface area contributed by atoms with Crippen molar-refractivity contribution >= 4 is 39.8 Å². The molecular formula is C20H17ClN2O5S. The first-order valence-corrected chi connectivity index (χ1v) is 9.85. The number of aromatic carboxylic acids is 1. The van der Waals surface area contributed by atoms with Gasteiger partial charge in [0, 0.05) is 5.56 Å². The zero-order valence-corrected chi connectivity index (χ0v) is 16.7. The monoisotopic (exact) mass is 432 g/mol. The van der Waals surface area contributed by atoms with Crippen LogP contribution < -0.4 is 10.1 Å². The molecule has 1 aliphatic rings. The lowest BCUT2D eigenvalue weighted by molar-refractivity contribution is -0.115. The number of ether oxygens (including phenoxy) is 1. The summed E-state index contributed by atoms with van der Waals surface area (Å²) < 4.78 is 5.86. The first-order valence-electron chi connectivity index (χ1n) is 8.66. The van der Waals surface area contributed by atoms with Gasteiger partial charge in [0.05, 0.1) is 6.07 Å². The molecule has 29 heavy (non-hydrogen) atoms. The number of hydrogen-bond donors (Lipinski definition) is 3. The number of nitriles is 1. The number of hydrogen-bond acceptors (Lipinski definition) is 6. The molecule has 1 heterocycles. The second kappa shape index (κ2) is 8.66. The summed E-state index contributed by atoms with van der Waals surface area (Å²) in [4.78, 5) is 23.5. The van der Waals surface area contributed by atoms with Gasteiger partial charge in [-0.3, -0.25) is 4.79 Å². The van der Waals surface area contributed by atoms with Gasteiger partial charge in [-0.2, -0.15) is 5.26 Å². The second-order valence-electron chi connectivity index (χ2n) is 6.56. The number of amides is 1. The van der Waals surface area contributed by atoms with E-state index in [1.54, 1.807) is 30.3 Å². The zero-order chi connectivity index (χ0) is 21.0. The Bertz CT molecular complexity index is 999. The van der Waals surface area contributed by atoms with Crippen LogP contribution in [0.25, 0.3) is 11.1 Å². The fraction of sp³-hybridized carbons (Fsp3) is 0.250. The fourth-order valence-electron chi connectivity index (χ4n) is 2.94. The largest absolute Gasteiger partial charge is 0.491 e. The van der Waals surface area contributed by atoms with Crippen molar-refractivity contribution < 1.29 is 24.5 Å². The number of thiophene rings is 1. The number of carbonyl (C=O) groups excluding carboxylic acids is 1. The molecule has 0 unspecified atom stereocenters. The van der Waals surface area contributed by atoms with Crippen LogP contribution in [-0.4, -0.2) is 34.3 Å². The van der Waals surface area contributed by atoms with Crippen LogP contribution in [0.1, 0.15) is 29.6 Å². The molecule has 0 radical (unpaired) electrons. The van der Waals surface area contributed by atoms with E-state index in [0.29, 0.717) is 24.2 Å². The van der Waals surface area contributed by atoms with Crippen molar-refractivity contribution in [3.8, 4) is 22.9 Å². The second-order valence-corrected chi connectivity index (χ2v) is 8.18. The SMILES string of the molecule is N#CCC(=O)Nc1sc(Cl)c(-c2ccc(OCC3(O)CC=CC3)cc2)c1C(=O)O. The van der Waals surface area contributed by atoms with Gasteiger partial charge in [0.1, 0.15) is 39.3 Å². The average molecular weight is 433 g/mol. The predicted molar refractivity (Wildman–Crippen MR) is 109 cm³/mol. The maximum Gasteiger partial charge on any atom is 0.339 e. The minimum Gasteiger partial charge on any atom is -0.491 e. The Kier molecular flexibility index (Phi) is 6.23. The normalized spacial score (nSPS) is 14.4. The molecule has 7 nitrogen and oxygen atoms in total. The molecule has 150 valence electrons. The third-order valence-corrected chi connectivity index (χ3v) is 5.70. The summed E-state index contributed by atoms with van der Waals surface area (Å²) in [5, 5.41) is 31.0. The van der Waals surface area contributed by atoms with Gasteiger partial charge in [0.2, 0.25) is 5.91 Å². The highest BCUT2D eigenvalue weighted by atomic mass is 35.5. The van der Waals surface area contributed by atoms with E-state index in [0.717, 1.165) is 11.3 Å². The highest BCUT2D eigenvalue weighted by Crippen LogP contribution is 2.44. The van der Waals surface area contributed by atoms with Crippen LogP contribution in [0.3, 0.4) is 0 Å². The Hall–Kier alpha value is -2.86. The Balaban J connectivity index is 1.82. The van der Waals surface area contributed by atoms with Crippen LogP contribution in [0.15, 0.2) is 36.4 Å². The molecule has 1 aromatic carbocycles. The van der Waals surface area contributed by atoms with Crippen molar-refractivity contribution in [3.63, 3.8) is 0 Å². The molecule has 0 atom stereocenters. The van der Waals surface area contributed by atoms with Crippen LogP contribution in [0, 0.1) is 11.3 Å². The van der Waals surface area contributed by atoms with E-state index in [-0.39, 0.29) is 27.1 Å². The Morgan fingerprint density at radius 3 is 2.52 bits per heavy atom. The number of carboxylic acids is 1. The number of rotatable bonds is 7. The number of nitrogens with zero attached hydrogens (tertiary/aromatic N) is 1. The molecular weight excluding hydrogens is 416 g/mol. The van der Waals surface area contributed by atoms with E-state index < -0.39 is 23.9 Å². The van der Waals surface area contributed by atoms with Gasteiger partial charge in [-0.05, 0) is 30.5 Å². The highest BCUT2D eigenvalue weighted by molar-refractivity contribution is 7.21. The van der Waals surface area contributed by atoms with Crippen LogP contribution >= 0.6 is 22.9 Å². The molecule has 0 aliphatic heterocycles. The molecule has 1 amide bonds. The number of halogens is 1. The van der Waals surface area contributed by atoms with Crippen molar-refractivity contribution in [1.29, 1.82) is 5.26 Å². The van der Waals surface area contributed by atoms with Gasteiger partial charge < -0.3 is 20.3 Å². The van der Waals surface area contributed by atoms with Crippen LogP contribution in [-0.2, 0) is 4.79 Å². The molecule has 1 aromatic heterocycles. The van der Waals surface area contributed by atoms with Crippen LogP contribution in [0.5, 0.6) is 5.75 Å². The maximum atomic E-state index is 11.8. The topological polar surface area (TPSA) is 120 Å². The Morgan fingerprint density at radius 2 is 1.93 bits per heavy atom. The van der Waals surface area contributed by atoms with Gasteiger partial charge in [-0.1, -0.05) is 35.9 Å². The summed E-state index contributed by atoms with van der Waals surface area (Å²) in [5.74, 6) is -1.32. The molecule has 2 aromatic rings. The quantitative estimate of drug-likeness (QED) is 0.567. The van der Waals surface area contributed by atoms with Gasteiger partial charge in [-0.25, -0.2) is 4.79 Å². The summed E-state index contributed by atoms with van der Waals surface area (Å²) in [5.41, 5.74) is -0.214. The fourth-order valence-corrected chi connectivity index (χ4v) is 4.33. The number of aliphatic hydroxyl groups is 1. The lowest BCUT2D eigenvalue weighted by Gasteiger charge is -2.22. The average Bonchev–Trinajstić information content (AvgIpc) is 3.24. The van der Waals surface area contributed by atoms with E-state index in [1.165, 1.54) is 0 Å². The van der Waals surface area contributed by atoms with Crippen molar-refractivity contribution in [1.82, 2.24) is 0 Å². The predicted octanol–water partition coefficient (Wildman–Crippen LogP) is 4.08. The maximum absolute atomic E-state index is 11.8. The lowest BCUT2D eigenvalue weighted by Crippen LogP contribution is -2.32. The Labute approximate surface area is 175 Å². The molecule has 0 saturated carbocycles. The standard InChI is InChI=1S/C20H17ClN2O5S/c21-17-15(16(19(25)26)18(29-17)23-14(24)7-10-22)12-3-5-13(6-4-12)28-11-20(27)8-1-2-9-20/h1-6,27H,7-9,11H2,(H,23,24)(H,25,26). The smallest absolute Gasteiger partial charge is 0.339 e. The third-order valence-electron chi connectivity index (χ3n) is 4.38. The summed E-state index contributed by atoms with van der Waals surface area (Å²) in [6.45, 7) is 0.147. The first-order chi connectivity index (χ1) is 13.8. The molecule has 0 fully saturated rings. The molecule has 9 heteroatoms. The minimum absolute atomic E-state index is 0.0778. The van der Waals surface area contributed by atoms with Crippen LogP contribution in [0.2, 0.25) is 4.34 Å².